The molecule has 1 aromatic heterocycles. The molecule has 1 amide bonds. The Kier molecular flexibility index (Phi) is 3.69. The highest BCUT2D eigenvalue weighted by molar-refractivity contribution is 7.18. The molecule has 2 aromatic rings. The van der Waals surface area contributed by atoms with Gasteiger partial charge in [0.05, 0.1) is 22.4 Å². The molecule has 2 heterocycles. The van der Waals surface area contributed by atoms with E-state index in [4.69, 9.17) is 4.74 Å². The zero-order chi connectivity index (χ0) is 14.0. The standard InChI is InChI=1S/C14H17N3O2S/c1-14(8-15-9-14)19-7-12(18)16-6-13-17-10-4-2-3-5-11(10)20-13/h2-5,15H,6-9H2,1H3,(H,16,18). The fourth-order valence-corrected chi connectivity index (χ4v) is 2.95. The van der Waals surface area contributed by atoms with Crippen molar-refractivity contribution >= 4 is 27.5 Å². The summed E-state index contributed by atoms with van der Waals surface area (Å²) in [6, 6.07) is 7.96. The van der Waals surface area contributed by atoms with Crippen LogP contribution in [0.2, 0.25) is 0 Å². The molecule has 3 rings (SSSR count). The number of amides is 1. The van der Waals surface area contributed by atoms with E-state index in [0.29, 0.717) is 6.54 Å². The summed E-state index contributed by atoms with van der Waals surface area (Å²) in [4.78, 5) is 16.2. The highest BCUT2D eigenvalue weighted by atomic mass is 32.1. The second-order valence-corrected chi connectivity index (χ2v) is 6.31. The molecule has 1 fully saturated rings. The van der Waals surface area contributed by atoms with E-state index < -0.39 is 0 Å². The quantitative estimate of drug-likeness (QED) is 0.871. The Morgan fingerprint density at radius 1 is 1.50 bits per heavy atom. The molecule has 2 N–H and O–H groups in total. The molecule has 0 unspecified atom stereocenters. The van der Waals surface area contributed by atoms with Crippen LogP contribution in [0.25, 0.3) is 10.2 Å². The van der Waals surface area contributed by atoms with Crippen LogP contribution >= 0.6 is 11.3 Å². The van der Waals surface area contributed by atoms with Crippen LogP contribution in [0.5, 0.6) is 0 Å². The van der Waals surface area contributed by atoms with Crippen LogP contribution < -0.4 is 10.6 Å². The zero-order valence-corrected chi connectivity index (χ0v) is 12.1. The molecule has 1 aliphatic heterocycles. The minimum absolute atomic E-state index is 0.0996. The first kappa shape index (κ1) is 13.5. The second-order valence-electron chi connectivity index (χ2n) is 5.19. The number of carbonyl (C=O) groups is 1. The molecule has 1 aromatic carbocycles. The van der Waals surface area contributed by atoms with Gasteiger partial charge in [0, 0.05) is 13.1 Å². The second kappa shape index (κ2) is 5.47. The van der Waals surface area contributed by atoms with Gasteiger partial charge in [-0.15, -0.1) is 11.3 Å². The van der Waals surface area contributed by atoms with Gasteiger partial charge >= 0.3 is 0 Å². The molecule has 0 bridgehead atoms. The lowest BCUT2D eigenvalue weighted by molar-refractivity contribution is -0.136. The Hall–Kier alpha value is -1.50. The van der Waals surface area contributed by atoms with Gasteiger partial charge in [0.1, 0.15) is 11.6 Å². The maximum Gasteiger partial charge on any atom is 0.246 e. The van der Waals surface area contributed by atoms with Gasteiger partial charge in [-0.1, -0.05) is 12.1 Å². The van der Waals surface area contributed by atoms with Crippen LogP contribution in [-0.4, -0.2) is 36.2 Å². The lowest BCUT2D eigenvalue weighted by Crippen LogP contribution is -2.59. The van der Waals surface area contributed by atoms with Gasteiger partial charge in [-0.3, -0.25) is 4.79 Å². The van der Waals surface area contributed by atoms with E-state index in [2.05, 4.69) is 15.6 Å². The zero-order valence-electron chi connectivity index (χ0n) is 11.3. The van der Waals surface area contributed by atoms with E-state index in [1.165, 1.54) is 0 Å². The van der Waals surface area contributed by atoms with Crippen LogP contribution in [0.3, 0.4) is 0 Å². The first-order valence-corrected chi connectivity index (χ1v) is 7.42. The van der Waals surface area contributed by atoms with Crippen LogP contribution in [0.4, 0.5) is 0 Å². The fourth-order valence-electron chi connectivity index (χ4n) is 2.04. The minimum Gasteiger partial charge on any atom is -0.363 e. The SMILES string of the molecule is CC1(OCC(=O)NCc2nc3ccccc3s2)CNC1. The van der Waals surface area contributed by atoms with Gasteiger partial charge in [-0.2, -0.15) is 0 Å². The van der Waals surface area contributed by atoms with Crippen molar-refractivity contribution in [2.24, 2.45) is 0 Å². The van der Waals surface area contributed by atoms with Crippen molar-refractivity contribution in [2.75, 3.05) is 19.7 Å². The number of thiazole rings is 1. The Morgan fingerprint density at radius 3 is 3.00 bits per heavy atom. The summed E-state index contributed by atoms with van der Waals surface area (Å²) in [5, 5.41) is 6.89. The summed E-state index contributed by atoms with van der Waals surface area (Å²) in [6.45, 7) is 4.17. The third-order valence-corrected chi connectivity index (χ3v) is 4.36. The number of hydrogen-bond acceptors (Lipinski definition) is 5. The first-order chi connectivity index (χ1) is 9.65. The van der Waals surface area contributed by atoms with Crippen molar-refractivity contribution in [3.05, 3.63) is 29.3 Å². The smallest absolute Gasteiger partial charge is 0.246 e. The van der Waals surface area contributed by atoms with Gasteiger partial charge < -0.3 is 15.4 Å². The van der Waals surface area contributed by atoms with Crippen molar-refractivity contribution in [1.29, 1.82) is 0 Å². The predicted octanol–water partition coefficient (Wildman–Crippen LogP) is 1.29. The molecule has 5 nitrogen and oxygen atoms in total. The molecule has 6 heteroatoms. The molecular weight excluding hydrogens is 274 g/mol. The number of fused-ring (bicyclic) bond motifs is 1. The molecule has 1 aliphatic rings. The number of nitrogens with one attached hydrogen (secondary N) is 2. The van der Waals surface area contributed by atoms with E-state index in [9.17, 15) is 4.79 Å². The van der Waals surface area contributed by atoms with Crippen LogP contribution in [0.1, 0.15) is 11.9 Å². The lowest BCUT2D eigenvalue weighted by atomic mass is 10.0. The summed E-state index contributed by atoms with van der Waals surface area (Å²) >= 11 is 1.60. The molecule has 20 heavy (non-hydrogen) atoms. The molecule has 0 radical (unpaired) electrons. The Balaban J connectivity index is 1.49. The lowest BCUT2D eigenvalue weighted by Gasteiger charge is -2.38. The van der Waals surface area contributed by atoms with E-state index in [1.54, 1.807) is 11.3 Å². The monoisotopic (exact) mass is 291 g/mol. The average Bonchev–Trinajstić information content (AvgIpc) is 2.83. The number of benzene rings is 1. The van der Waals surface area contributed by atoms with Crippen molar-refractivity contribution in [3.63, 3.8) is 0 Å². The molecule has 0 spiro atoms. The van der Waals surface area contributed by atoms with E-state index >= 15 is 0 Å². The molecular formula is C14H17N3O2S. The van der Waals surface area contributed by atoms with Crippen molar-refractivity contribution < 1.29 is 9.53 Å². The minimum atomic E-state index is -0.187. The van der Waals surface area contributed by atoms with Crippen LogP contribution in [0, 0.1) is 0 Å². The number of carbonyl (C=O) groups excluding carboxylic acids is 1. The molecule has 0 aliphatic carbocycles. The van der Waals surface area contributed by atoms with E-state index in [-0.39, 0.29) is 18.1 Å². The number of aromatic nitrogens is 1. The normalized spacial score (nSPS) is 16.9. The van der Waals surface area contributed by atoms with Gasteiger partial charge in [0.2, 0.25) is 5.91 Å². The summed E-state index contributed by atoms with van der Waals surface area (Å²) in [5.41, 5.74) is 0.791. The Bertz CT molecular complexity index is 589. The van der Waals surface area contributed by atoms with Gasteiger partial charge in [0.25, 0.3) is 0 Å². The van der Waals surface area contributed by atoms with Crippen molar-refractivity contribution in [3.8, 4) is 0 Å². The third kappa shape index (κ3) is 2.98. The summed E-state index contributed by atoms with van der Waals surface area (Å²) in [7, 11) is 0. The maximum atomic E-state index is 11.7. The fraction of sp³-hybridized carbons (Fsp3) is 0.429. The summed E-state index contributed by atoms with van der Waals surface area (Å²) in [5.74, 6) is -0.0996. The third-order valence-electron chi connectivity index (χ3n) is 3.32. The predicted molar refractivity (Wildman–Crippen MR) is 78.7 cm³/mol. The first-order valence-electron chi connectivity index (χ1n) is 6.60. The van der Waals surface area contributed by atoms with Crippen LogP contribution in [0.15, 0.2) is 24.3 Å². The van der Waals surface area contributed by atoms with E-state index in [0.717, 1.165) is 28.3 Å². The number of nitrogens with zero attached hydrogens (tertiary/aromatic N) is 1. The Morgan fingerprint density at radius 2 is 2.30 bits per heavy atom. The summed E-state index contributed by atoms with van der Waals surface area (Å²) < 4.78 is 6.72. The number of hydrogen-bond donors (Lipinski definition) is 2. The average molecular weight is 291 g/mol. The summed E-state index contributed by atoms with van der Waals surface area (Å²) in [6.07, 6.45) is 0. The molecule has 1 saturated heterocycles. The number of para-hydroxylation sites is 1. The number of rotatable bonds is 5. The van der Waals surface area contributed by atoms with Gasteiger partial charge in [0.15, 0.2) is 0 Å². The van der Waals surface area contributed by atoms with Gasteiger partial charge in [-0.25, -0.2) is 4.98 Å². The topological polar surface area (TPSA) is 63.2 Å². The molecule has 0 atom stereocenters. The Labute approximate surface area is 121 Å². The largest absolute Gasteiger partial charge is 0.363 e. The molecule has 0 saturated carbocycles. The number of ether oxygens (including phenoxy) is 1. The van der Waals surface area contributed by atoms with Gasteiger partial charge in [-0.05, 0) is 19.1 Å². The van der Waals surface area contributed by atoms with Crippen LogP contribution in [-0.2, 0) is 16.1 Å². The van der Waals surface area contributed by atoms with Crippen molar-refractivity contribution in [2.45, 2.75) is 19.1 Å². The highest BCUT2D eigenvalue weighted by Gasteiger charge is 2.32. The highest BCUT2D eigenvalue weighted by Crippen LogP contribution is 2.21. The maximum absolute atomic E-state index is 11.7. The molecule has 106 valence electrons. The van der Waals surface area contributed by atoms with Crippen molar-refractivity contribution in [1.82, 2.24) is 15.6 Å². The van der Waals surface area contributed by atoms with E-state index in [1.807, 2.05) is 31.2 Å².